The van der Waals surface area contributed by atoms with Crippen LogP contribution in [0.5, 0.6) is 0 Å². The second-order valence-corrected chi connectivity index (χ2v) is 4.44. The standard InChI is InChI=1S/C14H12ClFN2O/c15-10-5-6-13(17)11(7-10)14(19)18-8-9-3-1-2-4-12(9)16/h1-7H,8,17H2,(H,18,19). The molecule has 98 valence electrons. The van der Waals surface area contributed by atoms with Crippen molar-refractivity contribution >= 4 is 23.2 Å². The Kier molecular flexibility index (Phi) is 4.02. The Hall–Kier alpha value is -2.07. The Labute approximate surface area is 115 Å². The molecule has 1 amide bonds. The lowest BCUT2D eigenvalue weighted by molar-refractivity contribution is 0.0951. The molecule has 19 heavy (non-hydrogen) atoms. The van der Waals surface area contributed by atoms with Gasteiger partial charge in [-0.3, -0.25) is 4.79 Å². The molecular weight excluding hydrogens is 267 g/mol. The van der Waals surface area contributed by atoms with Crippen molar-refractivity contribution in [2.75, 3.05) is 5.73 Å². The Bertz CT molecular complexity index is 616. The number of nitrogens with one attached hydrogen (secondary N) is 1. The fourth-order valence-corrected chi connectivity index (χ4v) is 1.81. The number of nitrogens with two attached hydrogens (primary N) is 1. The average molecular weight is 279 g/mol. The highest BCUT2D eigenvalue weighted by atomic mass is 35.5. The molecule has 0 saturated heterocycles. The summed E-state index contributed by atoms with van der Waals surface area (Å²) in [5, 5.41) is 3.03. The van der Waals surface area contributed by atoms with Gasteiger partial charge >= 0.3 is 0 Å². The average Bonchev–Trinajstić information content (AvgIpc) is 2.40. The number of rotatable bonds is 3. The summed E-state index contributed by atoms with van der Waals surface area (Å²) in [6.45, 7) is 0.0947. The number of anilines is 1. The first kappa shape index (κ1) is 13.4. The number of carbonyl (C=O) groups is 1. The molecular formula is C14H12ClFN2O. The summed E-state index contributed by atoms with van der Waals surface area (Å²) in [6, 6.07) is 10.9. The Morgan fingerprint density at radius 3 is 2.74 bits per heavy atom. The maximum Gasteiger partial charge on any atom is 0.253 e. The van der Waals surface area contributed by atoms with Crippen LogP contribution in [0.15, 0.2) is 42.5 Å². The van der Waals surface area contributed by atoms with E-state index in [0.717, 1.165) is 0 Å². The van der Waals surface area contributed by atoms with Crippen LogP contribution in [0.25, 0.3) is 0 Å². The lowest BCUT2D eigenvalue weighted by atomic mass is 10.1. The minimum Gasteiger partial charge on any atom is -0.398 e. The maximum absolute atomic E-state index is 13.4. The largest absolute Gasteiger partial charge is 0.398 e. The normalized spacial score (nSPS) is 10.2. The molecule has 0 unspecified atom stereocenters. The second kappa shape index (κ2) is 5.71. The molecule has 0 aromatic heterocycles. The van der Waals surface area contributed by atoms with Crippen molar-refractivity contribution < 1.29 is 9.18 Å². The molecule has 5 heteroatoms. The van der Waals surface area contributed by atoms with Gasteiger partial charge in [0, 0.05) is 22.8 Å². The quantitative estimate of drug-likeness (QED) is 0.848. The van der Waals surface area contributed by atoms with E-state index < -0.39 is 0 Å². The summed E-state index contributed by atoms with van der Waals surface area (Å²) in [7, 11) is 0. The highest BCUT2D eigenvalue weighted by Gasteiger charge is 2.10. The molecule has 0 fully saturated rings. The summed E-state index contributed by atoms with van der Waals surface area (Å²) >= 11 is 5.81. The van der Waals surface area contributed by atoms with Gasteiger partial charge in [0.05, 0.1) is 5.56 Å². The molecule has 0 aliphatic heterocycles. The number of carbonyl (C=O) groups excluding carboxylic acids is 1. The molecule has 3 nitrogen and oxygen atoms in total. The molecule has 0 heterocycles. The topological polar surface area (TPSA) is 55.1 Å². The predicted molar refractivity (Wildman–Crippen MR) is 73.4 cm³/mol. The summed E-state index contributed by atoms with van der Waals surface area (Å²) in [4.78, 5) is 11.9. The van der Waals surface area contributed by atoms with Gasteiger partial charge in [0.25, 0.3) is 5.91 Å². The van der Waals surface area contributed by atoms with Gasteiger partial charge in [0.2, 0.25) is 0 Å². The molecule has 0 saturated carbocycles. The highest BCUT2D eigenvalue weighted by Crippen LogP contribution is 2.18. The first-order valence-electron chi connectivity index (χ1n) is 5.64. The maximum atomic E-state index is 13.4. The van der Waals surface area contributed by atoms with Gasteiger partial charge in [-0.15, -0.1) is 0 Å². The van der Waals surface area contributed by atoms with Crippen LogP contribution in [0.2, 0.25) is 5.02 Å². The summed E-state index contributed by atoms with van der Waals surface area (Å²) in [6.07, 6.45) is 0. The first-order valence-corrected chi connectivity index (χ1v) is 6.02. The summed E-state index contributed by atoms with van der Waals surface area (Å²) < 4.78 is 13.4. The summed E-state index contributed by atoms with van der Waals surface area (Å²) in [5.74, 6) is -0.745. The number of halogens is 2. The smallest absolute Gasteiger partial charge is 0.253 e. The van der Waals surface area contributed by atoms with Gasteiger partial charge in [-0.2, -0.15) is 0 Å². The van der Waals surface area contributed by atoms with E-state index in [1.165, 1.54) is 12.1 Å². The van der Waals surface area contributed by atoms with E-state index in [1.807, 2.05) is 0 Å². The van der Waals surface area contributed by atoms with Crippen LogP contribution < -0.4 is 11.1 Å². The highest BCUT2D eigenvalue weighted by molar-refractivity contribution is 6.31. The van der Waals surface area contributed by atoms with E-state index in [0.29, 0.717) is 16.3 Å². The molecule has 2 aromatic carbocycles. The zero-order valence-electron chi connectivity index (χ0n) is 9.99. The number of amides is 1. The molecule has 2 aromatic rings. The van der Waals surface area contributed by atoms with Crippen LogP contribution in [-0.4, -0.2) is 5.91 Å². The predicted octanol–water partition coefficient (Wildman–Crippen LogP) is 2.99. The van der Waals surface area contributed by atoms with Gasteiger partial charge < -0.3 is 11.1 Å². The number of hydrogen-bond acceptors (Lipinski definition) is 2. The van der Waals surface area contributed by atoms with E-state index in [9.17, 15) is 9.18 Å². The van der Waals surface area contributed by atoms with Crippen molar-refractivity contribution in [2.24, 2.45) is 0 Å². The third-order valence-corrected chi connectivity index (χ3v) is 2.89. The van der Waals surface area contributed by atoms with Crippen LogP contribution >= 0.6 is 11.6 Å². The molecule has 3 N–H and O–H groups in total. The van der Waals surface area contributed by atoms with Gasteiger partial charge in [0.15, 0.2) is 0 Å². The minimum atomic E-state index is -0.386. The zero-order chi connectivity index (χ0) is 13.8. The number of hydrogen-bond donors (Lipinski definition) is 2. The molecule has 0 spiro atoms. The van der Waals surface area contributed by atoms with Crippen LogP contribution in [0.1, 0.15) is 15.9 Å². The van der Waals surface area contributed by atoms with Crippen molar-refractivity contribution in [2.45, 2.75) is 6.54 Å². The fourth-order valence-electron chi connectivity index (χ4n) is 1.64. The fraction of sp³-hybridized carbons (Fsp3) is 0.0714. The van der Waals surface area contributed by atoms with Crippen LogP contribution in [0, 0.1) is 5.82 Å². The molecule has 0 aliphatic rings. The van der Waals surface area contributed by atoms with Crippen molar-refractivity contribution in [1.82, 2.24) is 5.32 Å². The van der Waals surface area contributed by atoms with Gasteiger partial charge in [-0.1, -0.05) is 29.8 Å². The first-order chi connectivity index (χ1) is 9.08. The minimum absolute atomic E-state index is 0.0947. The number of benzene rings is 2. The van der Waals surface area contributed by atoms with E-state index >= 15 is 0 Å². The Morgan fingerprint density at radius 1 is 1.26 bits per heavy atom. The molecule has 0 aliphatic carbocycles. The van der Waals surface area contributed by atoms with Crippen LogP contribution in [0.4, 0.5) is 10.1 Å². The Balaban J connectivity index is 2.10. The van der Waals surface area contributed by atoms with E-state index in [-0.39, 0.29) is 23.8 Å². The van der Waals surface area contributed by atoms with Crippen molar-refractivity contribution in [3.63, 3.8) is 0 Å². The third kappa shape index (κ3) is 3.23. The van der Waals surface area contributed by atoms with Gasteiger partial charge in [-0.05, 0) is 24.3 Å². The van der Waals surface area contributed by atoms with E-state index in [1.54, 1.807) is 30.3 Å². The van der Waals surface area contributed by atoms with E-state index in [2.05, 4.69) is 5.32 Å². The molecule has 0 radical (unpaired) electrons. The lowest BCUT2D eigenvalue weighted by Gasteiger charge is -2.08. The number of nitrogen functional groups attached to an aromatic ring is 1. The van der Waals surface area contributed by atoms with Crippen molar-refractivity contribution in [1.29, 1.82) is 0 Å². The van der Waals surface area contributed by atoms with Crippen molar-refractivity contribution in [3.05, 3.63) is 64.4 Å². The molecule has 2 rings (SSSR count). The second-order valence-electron chi connectivity index (χ2n) is 4.01. The molecule has 0 atom stereocenters. The van der Waals surface area contributed by atoms with Gasteiger partial charge in [-0.25, -0.2) is 4.39 Å². The molecule has 0 bridgehead atoms. The van der Waals surface area contributed by atoms with Crippen LogP contribution in [0.3, 0.4) is 0 Å². The zero-order valence-corrected chi connectivity index (χ0v) is 10.7. The SMILES string of the molecule is Nc1ccc(Cl)cc1C(=O)NCc1ccccc1F. The third-order valence-electron chi connectivity index (χ3n) is 2.66. The van der Waals surface area contributed by atoms with E-state index in [4.69, 9.17) is 17.3 Å². The lowest BCUT2D eigenvalue weighted by Crippen LogP contribution is -2.24. The summed E-state index contributed by atoms with van der Waals surface area (Å²) in [5.41, 5.74) is 6.72. The monoisotopic (exact) mass is 278 g/mol. The Morgan fingerprint density at radius 2 is 2.00 bits per heavy atom. The van der Waals surface area contributed by atoms with Crippen LogP contribution in [-0.2, 0) is 6.54 Å². The van der Waals surface area contributed by atoms with Gasteiger partial charge in [0.1, 0.15) is 5.82 Å². The van der Waals surface area contributed by atoms with Crippen molar-refractivity contribution in [3.8, 4) is 0 Å².